The molecule has 150 valence electrons. The fraction of sp³-hybridized carbons (Fsp3) is 0.650. The van der Waals surface area contributed by atoms with Crippen molar-refractivity contribution in [2.75, 3.05) is 13.2 Å². The zero-order valence-corrected chi connectivity index (χ0v) is 16.8. The topological polar surface area (TPSA) is 97.5 Å². The molecular formula is C20H30N2O5. The van der Waals surface area contributed by atoms with Crippen molar-refractivity contribution < 1.29 is 23.9 Å². The zero-order valence-electron chi connectivity index (χ0n) is 16.8. The number of hydrogen-bond donors (Lipinski definition) is 2. The number of carbonyl (C=O) groups is 3. The summed E-state index contributed by atoms with van der Waals surface area (Å²) in [5.74, 6) is -0.476. The van der Waals surface area contributed by atoms with Crippen LogP contribution in [0.15, 0.2) is 0 Å². The molecule has 0 saturated heterocycles. The van der Waals surface area contributed by atoms with Gasteiger partial charge in [0, 0.05) is 11.7 Å². The van der Waals surface area contributed by atoms with E-state index in [1.807, 2.05) is 0 Å². The van der Waals surface area contributed by atoms with Crippen molar-refractivity contribution in [3.05, 3.63) is 22.5 Å². The fourth-order valence-electron chi connectivity index (χ4n) is 3.70. The maximum Gasteiger partial charge on any atom is 0.355 e. The van der Waals surface area contributed by atoms with Crippen LogP contribution >= 0.6 is 0 Å². The van der Waals surface area contributed by atoms with Crippen LogP contribution in [0, 0.1) is 25.7 Å². The molecule has 0 bridgehead atoms. The van der Waals surface area contributed by atoms with E-state index in [0.717, 1.165) is 12.8 Å². The zero-order chi connectivity index (χ0) is 20.1. The van der Waals surface area contributed by atoms with Gasteiger partial charge in [0.2, 0.25) is 0 Å². The smallest absolute Gasteiger partial charge is 0.355 e. The number of esters is 2. The number of rotatable bonds is 6. The molecule has 0 radical (unpaired) electrons. The lowest BCUT2D eigenvalue weighted by Gasteiger charge is -2.34. The molecule has 3 atom stereocenters. The first-order valence-electron chi connectivity index (χ1n) is 9.59. The van der Waals surface area contributed by atoms with E-state index >= 15 is 0 Å². The van der Waals surface area contributed by atoms with Crippen LogP contribution in [0.25, 0.3) is 0 Å². The second kappa shape index (κ2) is 9.06. The summed E-state index contributed by atoms with van der Waals surface area (Å²) in [6.07, 6.45) is 3.22. The number of H-pyrrole nitrogens is 1. The molecule has 1 heterocycles. The quantitative estimate of drug-likeness (QED) is 0.742. The summed E-state index contributed by atoms with van der Waals surface area (Å²) in [6.45, 7) is 9.29. The fourth-order valence-corrected chi connectivity index (χ4v) is 3.70. The molecule has 1 amide bonds. The summed E-state index contributed by atoms with van der Waals surface area (Å²) in [6, 6.07) is 0.117. The molecule has 0 unspecified atom stereocenters. The first-order chi connectivity index (χ1) is 12.8. The van der Waals surface area contributed by atoms with Crippen LogP contribution < -0.4 is 5.32 Å². The first kappa shape index (κ1) is 21.0. The molecule has 0 aliphatic heterocycles. The van der Waals surface area contributed by atoms with E-state index in [1.54, 1.807) is 20.8 Å². The van der Waals surface area contributed by atoms with Crippen molar-refractivity contribution in [3.8, 4) is 0 Å². The Kier molecular flexibility index (Phi) is 7.05. The van der Waals surface area contributed by atoms with E-state index in [4.69, 9.17) is 9.47 Å². The van der Waals surface area contributed by atoms with Gasteiger partial charge in [-0.3, -0.25) is 4.79 Å². The summed E-state index contributed by atoms with van der Waals surface area (Å²) < 4.78 is 10.2. The van der Waals surface area contributed by atoms with Crippen molar-refractivity contribution in [3.63, 3.8) is 0 Å². The van der Waals surface area contributed by atoms with Gasteiger partial charge >= 0.3 is 11.9 Å². The largest absolute Gasteiger partial charge is 0.461 e. The van der Waals surface area contributed by atoms with E-state index in [9.17, 15) is 14.4 Å². The van der Waals surface area contributed by atoms with Crippen LogP contribution in [0.1, 0.15) is 72.1 Å². The van der Waals surface area contributed by atoms with Gasteiger partial charge in [0.1, 0.15) is 5.69 Å². The van der Waals surface area contributed by atoms with Crippen LogP contribution in [-0.2, 0) is 14.3 Å². The number of carbonyl (C=O) groups excluding carboxylic acids is 3. The lowest BCUT2D eigenvalue weighted by atomic mass is 9.78. The summed E-state index contributed by atoms with van der Waals surface area (Å²) in [4.78, 5) is 39.4. The highest BCUT2D eigenvalue weighted by atomic mass is 16.5. The van der Waals surface area contributed by atoms with Crippen molar-refractivity contribution in [2.45, 2.75) is 59.9 Å². The Morgan fingerprint density at radius 3 is 2.48 bits per heavy atom. The molecule has 1 fully saturated rings. The molecule has 27 heavy (non-hydrogen) atoms. The minimum absolute atomic E-state index is 0.117. The third-order valence-corrected chi connectivity index (χ3v) is 5.51. The van der Waals surface area contributed by atoms with E-state index in [2.05, 4.69) is 24.1 Å². The molecule has 0 spiro atoms. The monoisotopic (exact) mass is 378 g/mol. The van der Waals surface area contributed by atoms with Crippen molar-refractivity contribution in [2.24, 2.45) is 11.8 Å². The summed E-state index contributed by atoms with van der Waals surface area (Å²) in [7, 11) is 0. The predicted octanol–water partition coefficient (Wildman–Crippen LogP) is 2.91. The van der Waals surface area contributed by atoms with Gasteiger partial charge in [-0.05, 0) is 44.6 Å². The van der Waals surface area contributed by atoms with Gasteiger partial charge in [0.25, 0.3) is 5.91 Å². The predicted molar refractivity (Wildman–Crippen MR) is 101 cm³/mol. The highest BCUT2D eigenvalue weighted by Crippen LogP contribution is 2.29. The van der Waals surface area contributed by atoms with Crippen LogP contribution in [0.3, 0.4) is 0 Å². The Hall–Kier alpha value is -2.31. The van der Waals surface area contributed by atoms with Crippen LogP contribution in [0.2, 0.25) is 0 Å². The van der Waals surface area contributed by atoms with E-state index < -0.39 is 11.9 Å². The third kappa shape index (κ3) is 4.90. The van der Waals surface area contributed by atoms with E-state index in [1.165, 1.54) is 6.42 Å². The molecule has 1 aromatic heterocycles. The average molecular weight is 378 g/mol. The second-order valence-electron chi connectivity index (χ2n) is 7.36. The van der Waals surface area contributed by atoms with Crippen molar-refractivity contribution in [1.82, 2.24) is 10.3 Å². The molecule has 7 heteroatoms. The van der Waals surface area contributed by atoms with Crippen molar-refractivity contribution >= 4 is 17.8 Å². The van der Waals surface area contributed by atoms with Crippen molar-refractivity contribution in [1.29, 1.82) is 0 Å². The molecule has 2 N–H and O–H groups in total. The normalized spacial score (nSPS) is 22.2. The Morgan fingerprint density at radius 2 is 1.81 bits per heavy atom. The SMILES string of the molecule is CCOC(=O)c1[nH]c(C)c(C(=O)OCC(=O)N[C@@H]2CCC[C@H](C)[C@H]2C)c1C. The highest BCUT2D eigenvalue weighted by molar-refractivity contribution is 5.99. The molecular weight excluding hydrogens is 348 g/mol. The molecule has 1 aliphatic carbocycles. The van der Waals surface area contributed by atoms with Gasteiger partial charge in [0.05, 0.1) is 12.2 Å². The van der Waals surface area contributed by atoms with E-state index in [0.29, 0.717) is 23.1 Å². The molecule has 1 aliphatic rings. The maximum atomic E-state index is 12.4. The Balaban J connectivity index is 1.95. The average Bonchev–Trinajstić information content (AvgIpc) is 2.92. The van der Waals surface area contributed by atoms with Crippen LogP contribution in [-0.4, -0.2) is 42.1 Å². The van der Waals surface area contributed by atoms with Gasteiger partial charge in [-0.15, -0.1) is 0 Å². The van der Waals surface area contributed by atoms with Gasteiger partial charge in [-0.1, -0.05) is 26.7 Å². The molecule has 1 aromatic rings. The lowest BCUT2D eigenvalue weighted by Crippen LogP contribution is -2.45. The van der Waals surface area contributed by atoms with E-state index in [-0.39, 0.29) is 36.4 Å². The summed E-state index contributed by atoms with van der Waals surface area (Å²) >= 11 is 0. The number of amides is 1. The van der Waals surface area contributed by atoms with Crippen LogP contribution in [0.4, 0.5) is 0 Å². The second-order valence-corrected chi connectivity index (χ2v) is 7.36. The maximum absolute atomic E-state index is 12.4. The number of nitrogens with one attached hydrogen (secondary N) is 2. The summed E-state index contributed by atoms with van der Waals surface area (Å²) in [5.41, 5.74) is 1.48. The first-order valence-corrected chi connectivity index (χ1v) is 9.59. The molecule has 1 saturated carbocycles. The number of aromatic amines is 1. The van der Waals surface area contributed by atoms with Crippen LogP contribution in [0.5, 0.6) is 0 Å². The Labute approximate surface area is 160 Å². The molecule has 0 aromatic carbocycles. The minimum Gasteiger partial charge on any atom is -0.461 e. The number of aromatic nitrogens is 1. The Morgan fingerprint density at radius 1 is 1.11 bits per heavy atom. The minimum atomic E-state index is -0.628. The molecule has 2 rings (SSSR count). The lowest BCUT2D eigenvalue weighted by molar-refractivity contribution is -0.125. The number of hydrogen-bond acceptors (Lipinski definition) is 5. The number of aryl methyl sites for hydroxylation is 1. The standard InChI is InChI=1S/C20H30N2O5/c1-6-26-20(25)18-13(4)17(14(5)21-18)19(24)27-10-16(23)22-15-9-7-8-11(2)12(15)3/h11-12,15,21H,6-10H2,1-5H3,(H,22,23)/t11-,12+,15+/m0/s1. The third-order valence-electron chi connectivity index (χ3n) is 5.51. The Bertz CT molecular complexity index is 709. The van der Waals surface area contributed by atoms with Gasteiger partial charge in [0.15, 0.2) is 6.61 Å². The highest BCUT2D eigenvalue weighted by Gasteiger charge is 2.29. The van der Waals surface area contributed by atoms with Gasteiger partial charge in [-0.25, -0.2) is 9.59 Å². The molecule has 7 nitrogen and oxygen atoms in total. The van der Waals surface area contributed by atoms with Gasteiger partial charge < -0.3 is 19.8 Å². The van der Waals surface area contributed by atoms with Gasteiger partial charge in [-0.2, -0.15) is 0 Å². The summed E-state index contributed by atoms with van der Waals surface area (Å²) in [5, 5.41) is 2.98. The number of ether oxygens (including phenoxy) is 2.